The molecule has 112 valence electrons. The molecule has 1 N–H and O–H groups in total. The van der Waals surface area contributed by atoms with Crippen molar-refractivity contribution >= 4 is 40.2 Å². The maximum atomic E-state index is 10.7. The third kappa shape index (κ3) is 4.08. The van der Waals surface area contributed by atoms with Gasteiger partial charge in [0.25, 0.3) is 0 Å². The average Bonchev–Trinajstić information content (AvgIpc) is 2.36. The average molecular weight is 325 g/mol. The summed E-state index contributed by atoms with van der Waals surface area (Å²) >= 11 is 7.48. The number of nitrogens with zero attached hydrogens (tertiary/aromatic N) is 2. The molecule has 0 aliphatic rings. The molecule has 4 nitrogen and oxygen atoms in total. The summed E-state index contributed by atoms with van der Waals surface area (Å²) in [5.74, 6) is 0.406. The van der Waals surface area contributed by atoms with Gasteiger partial charge < -0.3 is 5.11 Å². The quantitative estimate of drug-likeness (QED) is 0.676. The highest BCUT2D eigenvalue weighted by Crippen LogP contribution is 2.30. The van der Waals surface area contributed by atoms with Gasteiger partial charge in [0.05, 0.1) is 11.9 Å². The first-order chi connectivity index (χ1) is 9.77. The molecule has 0 aliphatic carbocycles. The second kappa shape index (κ2) is 6.20. The number of hydrogen-bond donors (Lipinski definition) is 1. The fraction of sp³-hybridized carbons (Fsp3) is 0.400. The van der Waals surface area contributed by atoms with Crippen LogP contribution in [-0.4, -0.2) is 26.8 Å². The molecule has 6 heteroatoms. The molecule has 0 aliphatic heterocycles. The monoisotopic (exact) mass is 324 g/mol. The van der Waals surface area contributed by atoms with Crippen molar-refractivity contribution in [1.29, 1.82) is 0 Å². The number of fused-ring (bicyclic) bond motifs is 1. The Hall–Kier alpha value is -1.33. The second-order valence-corrected chi connectivity index (χ2v) is 7.28. The largest absolute Gasteiger partial charge is 0.481 e. The first-order valence-electron chi connectivity index (χ1n) is 6.60. The van der Waals surface area contributed by atoms with Crippen LogP contribution >= 0.6 is 23.4 Å². The number of thioether (sulfide) groups is 1. The molecule has 0 fully saturated rings. The fourth-order valence-electron chi connectivity index (χ4n) is 1.75. The van der Waals surface area contributed by atoms with Crippen molar-refractivity contribution in [3.05, 3.63) is 29.0 Å². The van der Waals surface area contributed by atoms with E-state index in [9.17, 15) is 4.79 Å². The molecule has 0 amide bonds. The number of benzene rings is 1. The van der Waals surface area contributed by atoms with Crippen molar-refractivity contribution < 1.29 is 9.90 Å². The first-order valence-corrected chi connectivity index (χ1v) is 7.96. The number of carboxylic acid groups (broad SMARTS) is 1. The van der Waals surface area contributed by atoms with Crippen LogP contribution in [0.3, 0.4) is 0 Å². The van der Waals surface area contributed by atoms with E-state index in [4.69, 9.17) is 16.7 Å². The van der Waals surface area contributed by atoms with Gasteiger partial charge in [-0.15, -0.1) is 11.8 Å². The Morgan fingerprint density at radius 3 is 2.67 bits per heavy atom. The molecule has 1 aromatic heterocycles. The van der Waals surface area contributed by atoms with E-state index in [1.54, 1.807) is 6.07 Å². The molecular formula is C15H17ClN2O2S. The summed E-state index contributed by atoms with van der Waals surface area (Å²) in [6, 6.07) is 5.49. The van der Waals surface area contributed by atoms with Gasteiger partial charge in [0.2, 0.25) is 0 Å². The van der Waals surface area contributed by atoms with E-state index in [-0.39, 0.29) is 11.8 Å². The Morgan fingerprint density at radius 2 is 2.05 bits per heavy atom. The van der Waals surface area contributed by atoms with Crippen molar-refractivity contribution in [3.8, 4) is 0 Å². The van der Waals surface area contributed by atoms with Gasteiger partial charge in [0, 0.05) is 21.6 Å². The van der Waals surface area contributed by atoms with E-state index in [0.717, 1.165) is 21.8 Å². The van der Waals surface area contributed by atoms with Crippen LogP contribution in [0.15, 0.2) is 23.2 Å². The second-order valence-electron chi connectivity index (χ2n) is 5.76. The standard InChI is InChI=1S/C15H17ClN2O2S/c1-15(2,3)14-17-11-8-9(16)4-5-10(11)13(18-14)21-7-6-12(19)20/h4-5,8H,6-7H2,1-3H3,(H,19,20). The number of aromatic nitrogens is 2. The summed E-state index contributed by atoms with van der Waals surface area (Å²) in [5.41, 5.74) is 0.610. The molecule has 0 saturated heterocycles. The maximum absolute atomic E-state index is 10.7. The zero-order valence-corrected chi connectivity index (χ0v) is 13.8. The molecule has 1 aromatic carbocycles. The Bertz CT molecular complexity index is 683. The number of halogens is 1. The van der Waals surface area contributed by atoms with Crippen LogP contribution in [0.4, 0.5) is 0 Å². The summed E-state index contributed by atoms with van der Waals surface area (Å²) in [6.45, 7) is 6.14. The molecule has 0 unspecified atom stereocenters. The van der Waals surface area contributed by atoms with Crippen molar-refractivity contribution in [1.82, 2.24) is 9.97 Å². The maximum Gasteiger partial charge on any atom is 0.304 e. The fourth-order valence-corrected chi connectivity index (χ4v) is 2.87. The van der Waals surface area contributed by atoms with Crippen molar-refractivity contribution in [2.24, 2.45) is 0 Å². The minimum absolute atomic E-state index is 0.106. The number of rotatable bonds is 4. The van der Waals surface area contributed by atoms with E-state index >= 15 is 0 Å². The van der Waals surface area contributed by atoms with Crippen LogP contribution < -0.4 is 0 Å². The van der Waals surface area contributed by atoms with Gasteiger partial charge >= 0.3 is 5.97 Å². The lowest BCUT2D eigenvalue weighted by molar-refractivity contribution is -0.136. The van der Waals surface area contributed by atoms with Gasteiger partial charge in [-0.2, -0.15) is 0 Å². The minimum Gasteiger partial charge on any atom is -0.481 e. The smallest absolute Gasteiger partial charge is 0.304 e. The molecule has 1 heterocycles. The predicted molar refractivity (Wildman–Crippen MR) is 86.2 cm³/mol. The summed E-state index contributed by atoms with van der Waals surface area (Å²) in [4.78, 5) is 19.9. The first kappa shape index (κ1) is 16.0. The minimum atomic E-state index is -0.806. The predicted octanol–water partition coefficient (Wildman–Crippen LogP) is 4.15. The summed E-state index contributed by atoms with van der Waals surface area (Å²) in [5, 5.41) is 11.1. The zero-order chi connectivity index (χ0) is 15.6. The van der Waals surface area contributed by atoms with E-state index in [1.165, 1.54) is 11.8 Å². The van der Waals surface area contributed by atoms with Gasteiger partial charge in [0.15, 0.2) is 0 Å². The SMILES string of the molecule is CC(C)(C)c1nc(SCCC(=O)O)c2ccc(Cl)cc2n1. The molecule has 0 atom stereocenters. The van der Waals surface area contributed by atoms with Gasteiger partial charge in [-0.05, 0) is 18.2 Å². The van der Waals surface area contributed by atoms with Crippen LogP contribution in [-0.2, 0) is 10.2 Å². The number of carboxylic acids is 1. The van der Waals surface area contributed by atoms with Gasteiger partial charge in [-0.1, -0.05) is 32.4 Å². The van der Waals surface area contributed by atoms with E-state index in [2.05, 4.69) is 9.97 Å². The van der Waals surface area contributed by atoms with E-state index in [1.807, 2.05) is 32.9 Å². The topological polar surface area (TPSA) is 63.1 Å². The van der Waals surface area contributed by atoms with Crippen LogP contribution in [0.25, 0.3) is 10.9 Å². The van der Waals surface area contributed by atoms with Crippen LogP contribution in [0.5, 0.6) is 0 Å². The third-order valence-electron chi connectivity index (χ3n) is 2.85. The lowest BCUT2D eigenvalue weighted by Gasteiger charge is -2.18. The summed E-state index contributed by atoms with van der Waals surface area (Å²) in [7, 11) is 0. The van der Waals surface area contributed by atoms with Crippen LogP contribution in [0, 0.1) is 0 Å². The van der Waals surface area contributed by atoms with Crippen LogP contribution in [0.2, 0.25) is 5.02 Å². The number of hydrogen-bond acceptors (Lipinski definition) is 4. The molecule has 2 rings (SSSR count). The Kier molecular flexibility index (Phi) is 4.74. The molecule has 2 aromatic rings. The molecule has 0 spiro atoms. The molecule has 0 saturated carbocycles. The lowest BCUT2D eigenvalue weighted by Crippen LogP contribution is -2.16. The molecule has 21 heavy (non-hydrogen) atoms. The van der Waals surface area contributed by atoms with Crippen molar-refractivity contribution in [3.63, 3.8) is 0 Å². The Morgan fingerprint density at radius 1 is 1.33 bits per heavy atom. The van der Waals surface area contributed by atoms with Crippen molar-refractivity contribution in [2.45, 2.75) is 37.6 Å². The van der Waals surface area contributed by atoms with E-state index < -0.39 is 5.97 Å². The highest BCUT2D eigenvalue weighted by atomic mass is 35.5. The molecule has 0 radical (unpaired) electrons. The highest BCUT2D eigenvalue weighted by Gasteiger charge is 2.20. The zero-order valence-electron chi connectivity index (χ0n) is 12.2. The number of aliphatic carboxylic acids is 1. The normalized spacial score (nSPS) is 11.8. The van der Waals surface area contributed by atoms with Crippen LogP contribution in [0.1, 0.15) is 33.0 Å². The van der Waals surface area contributed by atoms with Gasteiger partial charge in [-0.25, -0.2) is 9.97 Å². The number of carbonyl (C=O) groups is 1. The Labute approximate surface area is 132 Å². The highest BCUT2D eigenvalue weighted by molar-refractivity contribution is 7.99. The third-order valence-corrected chi connectivity index (χ3v) is 4.08. The van der Waals surface area contributed by atoms with Crippen molar-refractivity contribution in [2.75, 3.05) is 5.75 Å². The summed E-state index contributed by atoms with van der Waals surface area (Å²) in [6.07, 6.45) is 0.106. The van der Waals surface area contributed by atoms with Gasteiger partial charge in [-0.3, -0.25) is 4.79 Å². The molecule has 0 bridgehead atoms. The lowest BCUT2D eigenvalue weighted by atomic mass is 9.95. The Balaban J connectivity index is 2.47. The summed E-state index contributed by atoms with van der Waals surface area (Å²) < 4.78 is 0. The van der Waals surface area contributed by atoms with E-state index in [0.29, 0.717) is 10.8 Å². The van der Waals surface area contributed by atoms with Gasteiger partial charge in [0.1, 0.15) is 10.9 Å². The molecular weight excluding hydrogens is 308 g/mol.